The number of ketones is 1. The molecule has 4 rings (SSSR count). The van der Waals surface area contributed by atoms with E-state index in [0.717, 1.165) is 18.7 Å². The SMILES string of the molecule is CCOc1ccc([C@@H]2C(=C(O)c3ccc(OC)cc3)C(=O)C(=O)N2CCN2CCOCC2)cc1. The molecular weight excluding hydrogens is 436 g/mol. The molecule has 2 aromatic carbocycles. The Bertz CT molecular complexity index is 1040. The Kier molecular flexibility index (Phi) is 7.49. The van der Waals surface area contributed by atoms with Crippen LogP contribution in [0, 0.1) is 0 Å². The molecule has 1 N–H and O–H groups in total. The Hall–Kier alpha value is -3.36. The van der Waals surface area contributed by atoms with Crippen molar-refractivity contribution < 1.29 is 28.9 Å². The number of rotatable bonds is 8. The maximum atomic E-state index is 13.2. The van der Waals surface area contributed by atoms with Gasteiger partial charge in [0.15, 0.2) is 0 Å². The number of carbonyl (C=O) groups excluding carboxylic acids is 2. The largest absolute Gasteiger partial charge is 0.507 e. The number of aliphatic hydroxyl groups is 1. The molecule has 2 aliphatic heterocycles. The van der Waals surface area contributed by atoms with Crippen LogP contribution < -0.4 is 9.47 Å². The third-order valence-electron chi connectivity index (χ3n) is 6.17. The van der Waals surface area contributed by atoms with Crippen LogP contribution in [0.1, 0.15) is 24.1 Å². The number of aliphatic hydroxyl groups excluding tert-OH is 1. The number of likely N-dealkylation sites (tertiary alicyclic amines) is 1. The summed E-state index contributed by atoms with van der Waals surface area (Å²) in [5, 5.41) is 11.2. The van der Waals surface area contributed by atoms with Gasteiger partial charge in [-0.25, -0.2) is 0 Å². The maximum Gasteiger partial charge on any atom is 0.295 e. The van der Waals surface area contributed by atoms with E-state index in [1.165, 1.54) is 0 Å². The molecule has 0 aromatic heterocycles. The first-order chi connectivity index (χ1) is 16.5. The second-order valence-electron chi connectivity index (χ2n) is 8.18. The molecule has 180 valence electrons. The van der Waals surface area contributed by atoms with E-state index >= 15 is 0 Å². The topological polar surface area (TPSA) is 88.5 Å². The van der Waals surface area contributed by atoms with E-state index in [9.17, 15) is 14.7 Å². The zero-order valence-corrected chi connectivity index (χ0v) is 19.5. The van der Waals surface area contributed by atoms with E-state index in [1.807, 2.05) is 31.2 Å². The maximum absolute atomic E-state index is 13.2. The van der Waals surface area contributed by atoms with Crippen molar-refractivity contribution in [1.82, 2.24) is 9.80 Å². The van der Waals surface area contributed by atoms with Crippen molar-refractivity contribution in [2.24, 2.45) is 0 Å². The van der Waals surface area contributed by atoms with Gasteiger partial charge in [-0.15, -0.1) is 0 Å². The number of morpholine rings is 1. The van der Waals surface area contributed by atoms with E-state index in [1.54, 1.807) is 36.3 Å². The molecule has 2 aromatic rings. The lowest BCUT2D eigenvalue weighted by Gasteiger charge is -2.31. The van der Waals surface area contributed by atoms with Crippen LogP contribution in [0.15, 0.2) is 54.1 Å². The number of nitrogens with zero attached hydrogens (tertiary/aromatic N) is 2. The quantitative estimate of drug-likeness (QED) is 0.364. The number of carbonyl (C=O) groups is 2. The van der Waals surface area contributed by atoms with Crippen molar-refractivity contribution in [2.75, 3.05) is 53.1 Å². The summed E-state index contributed by atoms with van der Waals surface area (Å²) in [6, 6.07) is 13.4. The summed E-state index contributed by atoms with van der Waals surface area (Å²) in [5.41, 5.74) is 1.27. The van der Waals surface area contributed by atoms with Crippen LogP contribution in [-0.4, -0.2) is 79.7 Å². The van der Waals surface area contributed by atoms with Crippen molar-refractivity contribution in [3.63, 3.8) is 0 Å². The van der Waals surface area contributed by atoms with Crippen LogP contribution in [0.2, 0.25) is 0 Å². The minimum Gasteiger partial charge on any atom is -0.507 e. The van der Waals surface area contributed by atoms with Gasteiger partial charge in [0.05, 0.1) is 38.5 Å². The zero-order chi connectivity index (χ0) is 24.1. The molecule has 8 heteroatoms. The van der Waals surface area contributed by atoms with E-state index in [4.69, 9.17) is 14.2 Å². The normalized spacial score (nSPS) is 20.5. The molecule has 2 aliphatic rings. The van der Waals surface area contributed by atoms with E-state index in [-0.39, 0.29) is 11.3 Å². The summed E-state index contributed by atoms with van der Waals surface area (Å²) < 4.78 is 16.1. The highest BCUT2D eigenvalue weighted by atomic mass is 16.5. The minimum atomic E-state index is -0.696. The summed E-state index contributed by atoms with van der Waals surface area (Å²) in [4.78, 5) is 30.1. The molecular formula is C26H30N2O6. The molecule has 0 bridgehead atoms. The Labute approximate surface area is 199 Å². The molecule has 34 heavy (non-hydrogen) atoms. The lowest BCUT2D eigenvalue weighted by atomic mass is 9.95. The Morgan fingerprint density at radius 2 is 1.65 bits per heavy atom. The molecule has 0 aliphatic carbocycles. The van der Waals surface area contributed by atoms with Crippen molar-refractivity contribution in [3.8, 4) is 11.5 Å². The van der Waals surface area contributed by atoms with E-state index < -0.39 is 17.7 Å². The van der Waals surface area contributed by atoms with Crippen molar-refractivity contribution in [3.05, 3.63) is 65.2 Å². The van der Waals surface area contributed by atoms with Crippen LogP contribution in [0.4, 0.5) is 0 Å². The number of amides is 1. The Morgan fingerprint density at radius 1 is 1.00 bits per heavy atom. The second kappa shape index (κ2) is 10.7. The lowest BCUT2D eigenvalue weighted by Crippen LogP contribution is -2.42. The van der Waals surface area contributed by atoms with E-state index in [2.05, 4.69) is 4.90 Å². The third-order valence-corrected chi connectivity index (χ3v) is 6.17. The molecule has 0 spiro atoms. The van der Waals surface area contributed by atoms with Gasteiger partial charge in [-0.1, -0.05) is 12.1 Å². The summed E-state index contributed by atoms with van der Waals surface area (Å²) >= 11 is 0. The number of methoxy groups -OCH3 is 1. The third kappa shape index (κ3) is 4.93. The smallest absolute Gasteiger partial charge is 0.295 e. The number of hydrogen-bond donors (Lipinski definition) is 1. The van der Waals surface area contributed by atoms with Gasteiger partial charge in [0.25, 0.3) is 11.7 Å². The Morgan fingerprint density at radius 3 is 2.26 bits per heavy atom. The molecule has 2 saturated heterocycles. The first kappa shape index (κ1) is 23.8. The molecule has 0 radical (unpaired) electrons. The number of ether oxygens (including phenoxy) is 3. The van der Waals surface area contributed by atoms with Gasteiger partial charge >= 0.3 is 0 Å². The van der Waals surface area contributed by atoms with Crippen molar-refractivity contribution >= 4 is 17.4 Å². The minimum absolute atomic E-state index is 0.0845. The van der Waals surface area contributed by atoms with Crippen LogP contribution >= 0.6 is 0 Å². The highest BCUT2D eigenvalue weighted by Gasteiger charge is 2.46. The van der Waals surface area contributed by atoms with Gasteiger partial charge in [0.1, 0.15) is 17.3 Å². The van der Waals surface area contributed by atoms with Crippen LogP contribution in [-0.2, 0) is 14.3 Å². The molecule has 2 heterocycles. The fourth-order valence-electron chi connectivity index (χ4n) is 4.35. The van der Waals surface area contributed by atoms with Gasteiger partial charge in [-0.2, -0.15) is 0 Å². The Balaban J connectivity index is 1.71. The van der Waals surface area contributed by atoms with Gasteiger partial charge in [-0.3, -0.25) is 14.5 Å². The summed E-state index contributed by atoms with van der Waals surface area (Å²) in [5.74, 6) is -0.164. The lowest BCUT2D eigenvalue weighted by molar-refractivity contribution is -0.140. The van der Waals surface area contributed by atoms with Crippen molar-refractivity contribution in [1.29, 1.82) is 0 Å². The monoisotopic (exact) mass is 466 g/mol. The van der Waals surface area contributed by atoms with Gasteiger partial charge in [-0.05, 0) is 48.9 Å². The highest BCUT2D eigenvalue weighted by Crippen LogP contribution is 2.39. The van der Waals surface area contributed by atoms with Gasteiger partial charge < -0.3 is 24.2 Å². The summed E-state index contributed by atoms with van der Waals surface area (Å²) in [6.07, 6.45) is 0. The fourth-order valence-corrected chi connectivity index (χ4v) is 4.35. The van der Waals surface area contributed by atoms with Crippen molar-refractivity contribution in [2.45, 2.75) is 13.0 Å². The molecule has 1 amide bonds. The van der Waals surface area contributed by atoms with Crippen LogP contribution in [0.3, 0.4) is 0 Å². The molecule has 0 saturated carbocycles. The summed E-state index contributed by atoms with van der Waals surface area (Å²) in [7, 11) is 1.56. The second-order valence-corrected chi connectivity index (χ2v) is 8.18. The number of Topliss-reactive ketones (excluding diaryl/α,β-unsaturated/α-hetero) is 1. The predicted molar refractivity (Wildman–Crippen MR) is 127 cm³/mol. The first-order valence-corrected chi connectivity index (χ1v) is 11.5. The number of benzene rings is 2. The molecule has 2 fully saturated rings. The standard InChI is InChI=1S/C26H30N2O6/c1-3-34-21-10-4-18(5-11-21)23-22(24(29)19-6-8-20(32-2)9-7-19)25(30)26(31)28(23)13-12-27-14-16-33-17-15-27/h4-11,23,29H,3,12-17H2,1-2H3/t23-/m1/s1. The van der Waals surface area contributed by atoms with Gasteiger partial charge in [0, 0.05) is 31.7 Å². The van der Waals surface area contributed by atoms with Crippen LogP contribution in [0.25, 0.3) is 5.76 Å². The average Bonchev–Trinajstić information content (AvgIpc) is 3.13. The van der Waals surface area contributed by atoms with Gasteiger partial charge in [0.2, 0.25) is 0 Å². The first-order valence-electron chi connectivity index (χ1n) is 11.5. The predicted octanol–water partition coefficient (Wildman–Crippen LogP) is 2.85. The number of hydrogen-bond acceptors (Lipinski definition) is 7. The fraction of sp³-hybridized carbons (Fsp3) is 0.385. The zero-order valence-electron chi connectivity index (χ0n) is 19.5. The van der Waals surface area contributed by atoms with E-state index in [0.29, 0.717) is 50.0 Å². The summed E-state index contributed by atoms with van der Waals surface area (Å²) in [6.45, 7) is 6.29. The molecule has 0 unspecified atom stereocenters. The van der Waals surface area contributed by atoms with Crippen LogP contribution in [0.5, 0.6) is 11.5 Å². The average molecular weight is 467 g/mol. The molecule has 1 atom stereocenters. The molecule has 8 nitrogen and oxygen atoms in total. The highest BCUT2D eigenvalue weighted by molar-refractivity contribution is 6.46.